The number of rotatable bonds is 5. The van der Waals surface area contributed by atoms with Gasteiger partial charge in [0.25, 0.3) is 0 Å². The van der Waals surface area contributed by atoms with E-state index in [-0.39, 0.29) is 24.4 Å². The Labute approximate surface area is 167 Å². The summed E-state index contributed by atoms with van der Waals surface area (Å²) in [5.74, 6) is -0.0887. The number of nitrogens with zero attached hydrogens (tertiary/aromatic N) is 2. The molecule has 0 unspecified atom stereocenters. The van der Waals surface area contributed by atoms with Crippen LogP contribution in [0.25, 0.3) is 0 Å². The fourth-order valence-electron chi connectivity index (χ4n) is 3.85. The number of nitrogens with one attached hydrogen (secondary N) is 1. The van der Waals surface area contributed by atoms with Gasteiger partial charge >= 0.3 is 0 Å². The Balaban J connectivity index is 1.66. The molecule has 5 heteroatoms. The molecule has 0 spiro atoms. The summed E-state index contributed by atoms with van der Waals surface area (Å²) < 4.78 is 0. The second kappa shape index (κ2) is 8.15. The molecule has 2 amide bonds. The van der Waals surface area contributed by atoms with Gasteiger partial charge in [0.05, 0.1) is 12.6 Å². The van der Waals surface area contributed by atoms with E-state index in [1.165, 1.54) is 5.56 Å². The zero-order valence-corrected chi connectivity index (χ0v) is 17.3. The number of likely N-dealkylation sites (N-methyl/N-ethyl adjacent to an activating group) is 1. The highest BCUT2D eigenvalue weighted by Crippen LogP contribution is 2.32. The van der Waals surface area contributed by atoms with Crippen LogP contribution in [0.2, 0.25) is 0 Å². The average Bonchev–Trinajstić information content (AvgIpc) is 2.99. The largest absolute Gasteiger partial charge is 0.324 e. The van der Waals surface area contributed by atoms with Gasteiger partial charge in [0.1, 0.15) is 0 Å². The van der Waals surface area contributed by atoms with Crippen LogP contribution in [-0.4, -0.2) is 42.4 Å². The molecule has 1 aliphatic rings. The Kier molecular flexibility index (Phi) is 5.84. The third-order valence-electron chi connectivity index (χ3n) is 5.60. The summed E-state index contributed by atoms with van der Waals surface area (Å²) in [4.78, 5) is 29.4. The quantitative estimate of drug-likeness (QED) is 0.865. The van der Waals surface area contributed by atoms with E-state index in [0.717, 1.165) is 28.9 Å². The van der Waals surface area contributed by atoms with Gasteiger partial charge in [-0.05, 0) is 63.9 Å². The molecule has 2 aromatic carbocycles. The van der Waals surface area contributed by atoms with Crippen LogP contribution >= 0.6 is 0 Å². The van der Waals surface area contributed by atoms with Crippen molar-refractivity contribution in [3.8, 4) is 0 Å². The van der Waals surface area contributed by atoms with Crippen molar-refractivity contribution in [2.24, 2.45) is 0 Å². The minimum absolute atomic E-state index is 0.0276. The van der Waals surface area contributed by atoms with Gasteiger partial charge in [0.15, 0.2) is 0 Å². The van der Waals surface area contributed by atoms with Crippen molar-refractivity contribution >= 4 is 23.2 Å². The van der Waals surface area contributed by atoms with Crippen molar-refractivity contribution in [2.75, 3.05) is 23.8 Å². The lowest BCUT2D eigenvalue weighted by molar-refractivity contribution is -0.124. The summed E-state index contributed by atoms with van der Waals surface area (Å²) in [6, 6.07) is 13.7. The van der Waals surface area contributed by atoms with E-state index in [1.807, 2.05) is 69.1 Å². The average molecular weight is 380 g/mol. The van der Waals surface area contributed by atoms with Gasteiger partial charge in [-0.3, -0.25) is 14.5 Å². The van der Waals surface area contributed by atoms with Crippen LogP contribution in [0.15, 0.2) is 42.5 Å². The third-order valence-corrected chi connectivity index (χ3v) is 5.60. The summed E-state index contributed by atoms with van der Waals surface area (Å²) in [5, 5.41) is 2.99. The summed E-state index contributed by atoms with van der Waals surface area (Å²) in [6.45, 7) is 8.04. The molecular formula is C23H29N3O2. The molecule has 1 N–H and O–H groups in total. The molecule has 3 rings (SSSR count). The second-order valence-electron chi connectivity index (χ2n) is 7.80. The van der Waals surface area contributed by atoms with E-state index in [1.54, 1.807) is 4.90 Å². The first kappa shape index (κ1) is 20.1. The minimum atomic E-state index is -0.391. The van der Waals surface area contributed by atoms with Crippen molar-refractivity contribution in [3.05, 3.63) is 59.2 Å². The Bertz CT molecular complexity index is 873. The molecule has 0 saturated heterocycles. The predicted octanol–water partition coefficient (Wildman–Crippen LogP) is 3.54. The number of fused-ring (bicyclic) bond motifs is 1. The van der Waals surface area contributed by atoms with Gasteiger partial charge in [0.2, 0.25) is 11.8 Å². The molecule has 0 saturated carbocycles. The molecule has 2 aromatic rings. The van der Waals surface area contributed by atoms with Crippen LogP contribution in [0.5, 0.6) is 0 Å². The topological polar surface area (TPSA) is 52.7 Å². The highest BCUT2D eigenvalue weighted by Gasteiger charge is 2.34. The third kappa shape index (κ3) is 3.94. The molecule has 0 bridgehead atoms. The standard InChI is InChI=1S/C23H29N3O2/c1-15-9-8-10-16(2)22(15)24-21(27)14-25(5)18(4)23(28)26-17(3)13-19-11-6-7-12-20(19)26/h6-12,17-18H,13-14H2,1-5H3,(H,24,27)/t17-,18+/m0/s1. The summed E-state index contributed by atoms with van der Waals surface area (Å²) >= 11 is 0. The van der Waals surface area contributed by atoms with E-state index in [9.17, 15) is 9.59 Å². The highest BCUT2D eigenvalue weighted by molar-refractivity contribution is 6.00. The van der Waals surface area contributed by atoms with E-state index < -0.39 is 6.04 Å². The molecule has 148 valence electrons. The molecular weight excluding hydrogens is 350 g/mol. The van der Waals surface area contributed by atoms with E-state index in [0.29, 0.717) is 0 Å². The van der Waals surface area contributed by atoms with Gasteiger partial charge in [-0.25, -0.2) is 0 Å². The molecule has 28 heavy (non-hydrogen) atoms. The minimum Gasteiger partial charge on any atom is -0.324 e. The fraction of sp³-hybridized carbons (Fsp3) is 0.391. The van der Waals surface area contributed by atoms with Crippen LogP contribution in [0, 0.1) is 13.8 Å². The van der Waals surface area contributed by atoms with E-state index >= 15 is 0 Å². The molecule has 0 aromatic heterocycles. The Morgan fingerprint density at radius 3 is 2.46 bits per heavy atom. The molecule has 2 atom stereocenters. The Hall–Kier alpha value is -2.66. The van der Waals surface area contributed by atoms with E-state index in [2.05, 4.69) is 18.3 Å². The van der Waals surface area contributed by atoms with Gasteiger partial charge in [-0.1, -0.05) is 36.4 Å². The molecule has 1 heterocycles. The smallest absolute Gasteiger partial charge is 0.244 e. The highest BCUT2D eigenvalue weighted by atomic mass is 16.2. The number of aryl methyl sites for hydroxylation is 2. The number of hydrogen-bond donors (Lipinski definition) is 1. The number of para-hydroxylation sites is 2. The summed E-state index contributed by atoms with van der Waals surface area (Å²) in [6.07, 6.45) is 0.866. The first-order chi connectivity index (χ1) is 13.3. The van der Waals surface area contributed by atoms with E-state index in [4.69, 9.17) is 0 Å². The summed E-state index contributed by atoms with van der Waals surface area (Å²) in [5.41, 5.74) is 5.10. The predicted molar refractivity (Wildman–Crippen MR) is 114 cm³/mol. The lowest BCUT2D eigenvalue weighted by atomic mass is 10.1. The van der Waals surface area contributed by atoms with Crippen LogP contribution in [0.4, 0.5) is 11.4 Å². The SMILES string of the molecule is Cc1cccc(C)c1NC(=O)CN(C)[C@H](C)C(=O)N1c2ccccc2C[C@@H]1C. The number of hydrogen-bond acceptors (Lipinski definition) is 3. The fourth-order valence-corrected chi connectivity index (χ4v) is 3.85. The normalized spacial score (nSPS) is 16.8. The number of carbonyl (C=O) groups excluding carboxylic acids is 2. The van der Waals surface area contributed by atoms with Crippen LogP contribution in [0.1, 0.15) is 30.5 Å². The van der Waals surface area contributed by atoms with Crippen LogP contribution in [0.3, 0.4) is 0 Å². The lowest BCUT2D eigenvalue weighted by Crippen LogP contribution is -2.49. The molecule has 0 aliphatic carbocycles. The maximum absolute atomic E-state index is 13.2. The molecule has 1 aliphatic heterocycles. The van der Waals surface area contributed by atoms with Crippen LogP contribution < -0.4 is 10.2 Å². The molecule has 0 radical (unpaired) electrons. The van der Waals surface area contributed by atoms with Gasteiger partial charge in [0, 0.05) is 17.4 Å². The Morgan fingerprint density at radius 2 is 1.79 bits per heavy atom. The van der Waals surface area contributed by atoms with Crippen molar-refractivity contribution in [2.45, 2.75) is 46.2 Å². The van der Waals surface area contributed by atoms with Gasteiger partial charge in [-0.2, -0.15) is 0 Å². The number of carbonyl (C=O) groups is 2. The number of benzene rings is 2. The molecule has 5 nitrogen and oxygen atoms in total. The second-order valence-corrected chi connectivity index (χ2v) is 7.80. The number of anilines is 2. The monoisotopic (exact) mass is 379 g/mol. The maximum Gasteiger partial charge on any atom is 0.244 e. The first-order valence-corrected chi connectivity index (χ1v) is 9.77. The molecule has 0 fully saturated rings. The lowest BCUT2D eigenvalue weighted by Gasteiger charge is -2.30. The zero-order valence-electron chi connectivity index (χ0n) is 17.3. The van der Waals surface area contributed by atoms with Gasteiger partial charge < -0.3 is 10.2 Å². The first-order valence-electron chi connectivity index (χ1n) is 9.77. The van der Waals surface area contributed by atoms with Gasteiger partial charge in [-0.15, -0.1) is 0 Å². The summed E-state index contributed by atoms with van der Waals surface area (Å²) in [7, 11) is 1.82. The van der Waals surface area contributed by atoms with Crippen LogP contribution in [-0.2, 0) is 16.0 Å². The maximum atomic E-state index is 13.2. The van der Waals surface area contributed by atoms with Crippen molar-refractivity contribution < 1.29 is 9.59 Å². The number of amides is 2. The zero-order chi connectivity index (χ0) is 20.4. The van der Waals surface area contributed by atoms with Crippen molar-refractivity contribution in [1.29, 1.82) is 0 Å². The Morgan fingerprint density at radius 1 is 1.14 bits per heavy atom. The van der Waals surface area contributed by atoms with Crippen molar-refractivity contribution in [1.82, 2.24) is 4.90 Å². The van der Waals surface area contributed by atoms with Crippen molar-refractivity contribution in [3.63, 3.8) is 0 Å².